The van der Waals surface area contributed by atoms with E-state index in [0.717, 1.165) is 37.2 Å². The molecule has 3 amide bonds. The smallest absolute Gasteiger partial charge is 0.317 e. The first-order chi connectivity index (χ1) is 12.1. The highest BCUT2D eigenvalue weighted by Gasteiger charge is 2.34. The summed E-state index contributed by atoms with van der Waals surface area (Å²) in [6, 6.07) is 7.60. The molecule has 6 nitrogen and oxygen atoms in total. The Kier molecular flexibility index (Phi) is 5.46. The van der Waals surface area contributed by atoms with Crippen LogP contribution < -0.4 is 15.0 Å². The number of hydrogen-bond donors (Lipinski definition) is 1. The van der Waals surface area contributed by atoms with Crippen LogP contribution in [0.25, 0.3) is 0 Å². The number of nitrogens with zero attached hydrogens (tertiary/aromatic N) is 2. The largest absolute Gasteiger partial charge is 0.497 e. The third-order valence-electron chi connectivity index (χ3n) is 5.18. The first kappa shape index (κ1) is 17.6. The summed E-state index contributed by atoms with van der Waals surface area (Å²) in [7, 11) is 1.61. The van der Waals surface area contributed by atoms with Gasteiger partial charge in [0.15, 0.2) is 0 Å². The van der Waals surface area contributed by atoms with Crippen LogP contribution in [0.1, 0.15) is 39.0 Å². The number of rotatable bonds is 4. The second-order valence-corrected chi connectivity index (χ2v) is 6.81. The Labute approximate surface area is 149 Å². The summed E-state index contributed by atoms with van der Waals surface area (Å²) < 4.78 is 5.23. The van der Waals surface area contributed by atoms with Gasteiger partial charge in [-0.3, -0.25) is 4.79 Å². The van der Waals surface area contributed by atoms with Crippen LogP contribution in [0.2, 0.25) is 0 Å². The van der Waals surface area contributed by atoms with Gasteiger partial charge in [0.1, 0.15) is 5.75 Å². The molecule has 0 aliphatic carbocycles. The van der Waals surface area contributed by atoms with Crippen molar-refractivity contribution in [2.24, 2.45) is 0 Å². The molecule has 6 heteroatoms. The highest BCUT2D eigenvalue weighted by atomic mass is 16.5. The van der Waals surface area contributed by atoms with E-state index < -0.39 is 0 Å². The molecule has 0 spiro atoms. The van der Waals surface area contributed by atoms with Gasteiger partial charge in [-0.25, -0.2) is 4.79 Å². The molecule has 0 bridgehead atoms. The molecule has 1 N–H and O–H groups in total. The lowest BCUT2D eigenvalue weighted by atomic mass is 10.0. The van der Waals surface area contributed by atoms with Crippen LogP contribution in [-0.2, 0) is 4.79 Å². The normalized spacial score (nSPS) is 23.7. The zero-order valence-corrected chi connectivity index (χ0v) is 15.0. The van der Waals surface area contributed by atoms with Gasteiger partial charge in [0.25, 0.3) is 0 Å². The minimum absolute atomic E-state index is 0.0307. The molecule has 0 unspecified atom stereocenters. The topological polar surface area (TPSA) is 61.9 Å². The molecule has 0 aromatic heterocycles. The Morgan fingerprint density at radius 2 is 2.20 bits per heavy atom. The van der Waals surface area contributed by atoms with Crippen molar-refractivity contribution in [3.05, 3.63) is 24.3 Å². The summed E-state index contributed by atoms with van der Waals surface area (Å²) in [6.07, 6.45) is 4.64. The van der Waals surface area contributed by atoms with Crippen molar-refractivity contribution in [3.63, 3.8) is 0 Å². The molecular weight excluding hydrogens is 318 g/mol. The van der Waals surface area contributed by atoms with E-state index in [1.165, 1.54) is 6.42 Å². The number of urea groups is 1. The Balaban J connectivity index is 1.63. The molecule has 1 aromatic carbocycles. The van der Waals surface area contributed by atoms with Crippen molar-refractivity contribution in [2.45, 2.75) is 51.1 Å². The van der Waals surface area contributed by atoms with Gasteiger partial charge >= 0.3 is 6.03 Å². The van der Waals surface area contributed by atoms with E-state index in [-0.39, 0.29) is 18.0 Å². The van der Waals surface area contributed by atoms with Gasteiger partial charge in [-0.2, -0.15) is 0 Å². The van der Waals surface area contributed by atoms with Crippen LogP contribution >= 0.6 is 0 Å². The van der Waals surface area contributed by atoms with Gasteiger partial charge in [-0.1, -0.05) is 13.0 Å². The number of nitrogens with one attached hydrogen (secondary N) is 1. The Bertz CT molecular complexity index is 634. The first-order valence-electron chi connectivity index (χ1n) is 9.14. The molecule has 2 fully saturated rings. The van der Waals surface area contributed by atoms with Crippen LogP contribution in [0.5, 0.6) is 5.75 Å². The van der Waals surface area contributed by atoms with Crippen LogP contribution in [0.3, 0.4) is 0 Å². The Morgan fingerprint density at radius 1 is 1.36 bits per heavy atom. The van der Waals surface area contributed by atoms with E-state index in [0.29, 0.717) is 19.0 Å². The lowest BCUT2D eigenvalue weighted by Crippen LogP contribution is -2.51. The lowest BCUT2D eigenvalue weighted by molar-refractivity contribution is -0.117. The van der Waals surface area contributed by atoms with E-state index in [1.807, 2.05) is 29.2 Å². The zero-order valence-electron chi connectivity index (χ0n) is 15.0. The number of ether oxygens (including phenoxy) is 1. The van der Waals surface area contributed by atoms with E-state index >= 15 is 0 Å². The average Bonchev–Trinajstić information content (AvgIpc) is 3.01. The third-order valence-corrected chi connectivity index (χ3v) is 5.18. The van der Waals surface area contributed by atoms with Crippen molar-refractivity contribution in [3.8, 4) is 5.75 Å². The lowest BCUT2D eigenvalue weighted by Gasteiger charge is -2.35. The Morgan fingerprint density at radius 3 is 2.96 bits per heavy atom. The van der Waals surface area contributed by atoms with Crippen molar-refractivity contribution < 1.29 is 14.3 Å². The Hall–Kier alpha value is -2.24. The van der Waals surface area contributed by atoms with Crippen LogP contribution in [0, 0.1) is 0 Å². The summed E-state index contributed by atoms with van der Waals surface area (Å²) >= 11 is 0. The van der Waals surface area contributed by atoms with Gasteiger partial charge in [0, 0.05) is 37.3 Å². The zero-order chi connectivity index (χ0) is 17.8. The second kappa shape index (κ2) is 7.76. The highest BCUT2D eigenvalue weighted by molar-refractivity contribution is 5.97. The third kappa shape index (κ3) is 3.89. The number of amides is 3. The number of likely N-dealkylation sites (tertiary alicyclic amines) is 1. The minimum Gasteiger partial charge on any atom is -0.497 e. The van der Waals surface area contributed by atoms with E-state index in [4.69, 9.17) is 4.74 Å². The first-order valence-corrected chi connectivity index (χ1v) is 9.14. The maximum atomic E-state index is 12.6. The molecule has 136 valence electrons. The summed E-state index contributed by atoms with van der Waals surface area (Å²) in [5.74, 6) is 0.751. The predicted molar refractivity (Wildman–Crippen MR) is 96.9 cm³/mol. The molecule has 2 saturated heterocycles. The van der Waals surface area contributed by atoms with Crippen LogP contribution in [0.4, 0.5) is 10.5 Å². The van der Waals surface area contributed by atoms with Crippen molar-refractivity contribution >= 4 is 17.6 Å². The van der Waals surface area contributed by atoms with E-state index in [2.05, 4.69) is 12.2 Å². The number of carbonyl (C=O) groups excluding carboxylic acids is 2. The van der Waals surface area contributed by atoms with Gasteiger partial charge in [0.2, 0.25) is 5.91 Å². The quantitative estimate of drug-likeness (QED) is 0.913. The molecule has 0 radical (unpaired) electrons. The monoisotopic (exact) mass is 345 g/mol. The summed E-state index contributed by atoms with van der Waals surface area (Å²) in [4.78, 5) is 28.7. The average molecular weight is 345 g/mol. The molecule has 2 atom stereocenters. The molecule has 2 aliphatic heterocycles. The molecule has 25 heavy (non-hydrogen) atoms. The molecule has 1 aromatic rings. The van der Waals surface area contributed by atoms with Gasteiger partial charge in [-0.15, -0.1) is 0 Å². The summed E-state index contributed by atoms with van der Waals surface area (Å²) in [5.41, 5.74) is 0.811. The fraction of sp³-hybridized carbons (Fsp3) is 0.579. The fourth-order valence-electron chi connectivity index (χ4n) is 3.78. The van der Waals surface area contributed by atoms with Gasteiger partial charge in [-0.05, 0) is 37.8 Å². The van der Waals surface area contributed by atoms with Gasteiger partial charge < -0.3 is 19.9 Å². The standard InChI is InChI=1S/C19H27N3O3/c1-3-15-7-4-5-10-21(15)19(24)20-14-11-18(23)22(13-14)16-8-6-9-17(12-16)25-2/h6,8-9,12,14-15H,3-5,7,10-11,13H2,1-2H3,(H,20,24)/t14-,15-/m1/s1. The molecule has 2 aliphatic rings. The molecule has 0 saturated carbocycles. The van der Waals surface area contributed by atoms with Crippen LogP contribution in [-0.4, -0.2) is 49.1 Å². The second-order valence-electron chi connectivity index (χ2n) is 6.81. The van der Waals surface area contributed by atoms with Crippen molar-refractivity contribution in [2.75, 3.05) is 25.1 Å². The minimum atomic E-state index is -0.148. The molecule has 2 heterocycles. The van der Waals surface area contributed by atoms with Gasteiger partial charge in [0.05, 0.1) is 13.2 Å². The van der Waals surface area contributed by atoms with Crippen molar-refractivity contribution in [1.82, 2.24) is 10.2 Å². The predicted octanol–water partition coefficient (Wildman–Crippen LogP) is 2.77. The van der Waals surface area contributed by atoms with E-state index in [1.54, 1.807) is 12.0 Å². The number of hydrogen-bond acceptors (Lipinski definition) is 3. The number of piperidine rings is 1. The maximum Gasteiger partial charge on any atom is 0.317 e. The number of anilines is 1. The number of carbonyl (C=O) groups is 2. The molecule has 3 rings (SSSR count). The van der Waals surface area contributed by atoms with E-state index in [9.17, 15) is 9.59 Å². The number of methoxy groups -OCH3 is 1. The molecular formula is C19H27N3O3. The maximum absolute atomic E-state index is 12.6. The highest BCUT2D eigenvalue weighted by Crippen LogP contribution is 2.26. The summed E-state index contributed by atoms with van der Waals surface area (Å²) in [5, 5.41) is 3.06. The fourth-order valence-corrected chi connectivity index (χ4v) is 3.78. The van der Waals surface area contributed by atoms with Crippen molar-refractivity contribution in [1.29, 1.82) is 0 Å². The SMILES string of the molecule is CC[C@@H]1CCCCN1C(=O)N[C@@H]1CC(=O)N(c2cccc(OC)c2)C1. The number of benzene rings is 1. The summed E-state index contributed by atoms with van der Waals surface area (Å²) in [6.45, 7) is 3.44. The van der Waals surface area contributed by atoms with Crippen LogP contribution in [0.15, 0.2) is 24.3 Å².